The Morgan fingerprint density at radius 1 is 1.00 bits per heavy atom. The van der Waals surface area contributed by atoms with E-state index in [1.54, 1.807) is 31.4 Å². The number of rotatable bonds is 5. The maximum atomic E-state index is 12.6. The van der Waals surface area contributed by atoms with Crippen LogP contribution in [0.3, 0.4) is 0 Å². The summed E-state index contributed by atoms with van der Waals surface area (Å²) < 4.78 is 10.4. The molecule has 0 aliphatic rings. The highest BCUT2D eigenvalue weighted by Gasteiger charge is 2.12. The zero-order valence-corrected chi connectivity index (χ0v) is 18.2. The van der Waals surface area contributed by atoms with Crippen molar-refractivity contribution in [2.24, 2.45) is 0 Å². The van der Waals surface area contributed by atoms with Crippen molar-refractivity contribution in [3.63, 3.8) is 0 Å². The zero-order chi connectivity index (χ0) is 22.1. The van der Waals surface area contributed by atoms with E-state index in [1.807, 2.05) is 52.0 Å². The highest BCUT2D eigenvalue weighted by Crippen LogP contribution is 2.27. The Labute approximate surface area is 176 Å². The van der Waals surface area contributed by atoms with E-state index in [1.165, 1.54) is 7.11 Å². The molecule has 2 N–H and O–H groups in total. The van der Waals surface area contributed by atoms with Crippen molar-refractivity contribution in [1.29, 1.82) is 0 Å². The molecular formula is C23H28N4O3. The van der Waals surface area contributed by atoms with Crippen LogP contribution >= 0.6 is 0 Å². The van der Waals surface area contributed by atoms with Crippen LogP contribution in [0.5, 0.6) is 11.5 Å². The van der Waals surface area contributed by atoms with Crippen LogP contribution in [0.1, 0.15) is 38.1 Å². The molecule has 0 aliphatic heterocycles. The summed E-state index contributed by atoms with van der Waals surface area (Å²) >= 11 is 0. The van der Waals surface area contributed by atoms with Crippen molar-refractivity contribution >= 4 is 23.9 Å². The van der Waals surface area contributed by atoms with Crippen LogP contribution in [-0.4, -0.2) is 35.1 Å². The molecule has 2 aromatic heterocycles. The van der Waals surface area contributed by atoms with Gasteiger partial charge in [0, 0.05) is 5.56 Å². The van der Waals surface area contributed by atoms with Crippen LogP contribution < -0.4 is 25.5 Å². The Morgan fingerprint density at radius 3 is 2.33 bits per heavy atom. The van der Waals surface area contributed by atoms with Gasteiger partial charge in [-0.1, -0.05) is 32.1 Å². The van der Waals surface area contributed by atoms with Gasteiger partial charge < -0.3 is 19.8 Å². The summed E-state index contributed by atoms with van der Waals surface area (Å²) in [7, 11) is 3.07. The number of hydrogen-bond acceptors (Lipinski definition) is 5. The summed E-state index contributed by atoms with van der Waals surface area (Å²) in [5, 5.41) is 4.59. The summed E-state index contributed by atoms with van der Waals surface area (Å²) in [6.07, 6.45) is 3.88. The van der Waals surface area contributed by atoms with Crippen LogP contribution in [0.4, 0.5) is 5.82 Å². The van der Waals surface area contributed by atoms with Gasteiger partial charge in [0.05, 0.1) is 24.9 Å². The molecule has 1 aromatic carbocycles. The first-order valence-electron chi connectivity index (χ1n) is 9.79. The molecule has 2 heterocycles. The van der Waals surface area contributed by atoms with E-state index in [0.29, 0.717) is 34.4 Å². The minimum absolute atomic E-state index is 0.296. The van der Waals surface area contributed by atoms with E-state index in [0.717, 1.165) is 10.7 Å². The van der Waals surface area contributed by atoms with Gasteiger partial charge in [0.1, 0.15) is 11.5 Å². The minimum atomic E-state index is -0.296. The third-order valence-electron chi connectivity index (χ3n) is 4.20. The average molecular weight is 409 g/mol. The van der Waals surface area contributed by atoms with Gasteiger partial charge in [-0.25, -0.2) is 9.97 Å². The number of carbonyl (C=O) groups is 1. The number of benzene rings is 1. The molecule has 3 aromatic rings. The number of aromatic nitrogens is 3. The lowest BCUT2D eigenvalue weighted by Gasteiger charge is -2.10. The second-order valence-electron chi connectivity index (χ2n) is 5.89. The van der Waals surface area contributed by atoms with Crippen LogP contribution in [0.2, 0.25) is 0 Å². The third kappa shape index (κ3) is 5.05. The first-order chi connectivity index (χ1) is 14.6. The SMILES string of the molecule is C/C=c1/nc(-c2cccc(NC(=O)c3ccc(OC)c(OC)c3)n2)[nH]/c1=C/C.CC. The second-order valence-corrected chi connectivity index (χ2v) is 5.89. The van der Waals surface area contributed by atoms with E-state index >= 15 is 0 Å². The smallest absolute Gasteiger partial charge is 0.256 e. The van der Waals surface area contributed by atoms with Gasteiger partial charge in [0.25, 0.3) is 5.91 Å². The Kier molecular flexibility index (Phi) is 8.17. The Bertz CT molecular complexity index is 1090. The lowest BCUT2D eigenvalue weighted by Crippen LogP contribution is -2.23. The highest BCUT2D eigenvalue weighted by atomic mass is 16.5. The number of carbonyl (C=O) groups excluding carboxylic acids is 1. The molecule has 0 spiro atoms. The Balaban J connectivity index is 0.00000155. The zero-order valence-electron chi connectivity index (χ0n) is 18.2. The molecule has 0 atom stereocenters. The van der Waals surface area contributed by atoms with Crippen molar-refractivity contribution in [3.05, 3.63) is 52.7 Å². The number of nitrogens with one attached hydrogen (secondary N) is 2. The Morgan fingerprint density at radius 2 is 1.73 bits per heavy atom. The molecule has 3 rings (SSSR count). The van der Waals surface area contributed by atoms with Crippen molar-refractivity contribution in [1.82, 2.24) is 15.0 Å². The summed E-state index contributed by atoms with van der Waals surface area (Å²) in [6.45, 7) is 7.87. The predicted octanol–water partition coefficient (Wildman–Crippen LogP) is 3.37. The van der Waals surface area contributed by atoms with Crippen LogP contribution in [0.15, 0.2) is 36.4 Å². The van der Waals surface area contributed by atoms with E-state index in [9.17, 15) is 4.79 Å². The second kappa shape index (κ2) is 10.8. The topological polar surface area (TPSA) is 89.1 Å². The molecule has 0 saturated carbocycles. The van der Waals surface area contributed by atoms with Gasteiger partial charge in [-0.05, 0) is 44.2 Å². The van der Waals surface area contributed by atoms with Crippen molar-refractivity contribution in [3.8, 4) is 23.0 Å². The van der Waals surface area contributed by atoms with Gasteiger partial charge in [0.15, 0.2) is 17.3 Å². The molecule has 0 saturated heterocycles. The number of methoxy groups -OCH3 is 2. The third-order valence-corrected chi connectivity index (χ3v) is 4.20. The first kappa shape index (κ1) is 22.7. The number of pyridine rings is 1. The fourth-order valence-electron chi connectivity index (χ4n) is 2.76. The van der Waals surface area contributed by atoms with Gasteiger partial charge in [-0.3, -0.25) is 4.79 Å². The van der Waals surface area contributed by atoms with Crippen LogP contribution in [-0.2, 0) is 0 Å². The molecule has 7 heteroatoms. The lowest BCUT2D eigenvalue weighted by molar-refractivity contribution is 0.102. The number of imidazole rings is 1. The number of hydrogen-bond donors (Lipinski definition) is 2. The standard InChI is InChI=1S/C21H22N4O3.C2H6/c1-5-14-15(6-2)24-20(23-14)16-8-7-9-19(22-16)25-21(26)13-10-11-17(27-3)18(12-13)28-4;1-2/h5-12H,1-4H3,(H,23,24)(H,22,25,26);1-2H3/b14-5+,15-6+;. The van der Waals surface area contributed by atoms with Crippen molar-refractivity contribution in [2.45, 2.75) is 27.7 Å². The van der Waals surface area contributed by atoms with Crippen LogP contribution in [0, 0.1) is 0 Å². The molecule has 1 amide bonds. The molecule has 0 aliphatic carbocycles. The Hall–Kier alpha value is -3.61. The summed E-state index contributed by atoms with van der Waals surface area (Å²) in [5.74, 6) is 1.82. The van der Waals surface area contributed by atoms with Crippen molar-refractivity contribution < 1.29 is 14.3 Å². The molecule has 0 bridgehead atoms. The number of ether oxygens (including phenoxy) is 2. The summed E-state index contributed by atoms with van der Waals surface area (Å²) in [6, 6.07) is 10.4. The minimum Gasteiger partial charge on any atom is -0.493 e. The van der Waals surface area contributed by atoms with E-state index in [4.69, 9.17) is 9.47 Å². The fraction of sp³-hybridized carbons (Fsp3) is 0.261. The van der Waals surface area contributed by atoms with Crippen molar-refractivity contribution in [2.75, 3.05) is 19.5 Å². The van der Waals surface area contributed by atoms with E-state index < -0.39 is 0 Å². The largest absolute Gasteiger partial charge is 0.493 e. The first-order valence-corrected chi connectivity index (χ1v) is 9.79. The molecule has 158 valence electrons. The van der Waals surface area contributed by atoms with Gasteiger partial charge in [-0.2, -0.15) is 0 Å². The molecule has 0 unspecified atom stereocenters. The maximum Gasteiger partial charge on any atom is 0.256 e. The monoisotopic (exact) mass is 408 g/mol. The number of nitrogens with zero attached hydrogens (tertiary/aromatic N) is 2. The fourth-order valence-corrected chi connectivity index (χ4v) is 2.76. The van der Waals surface area contributed by atoms with E-state index in [2.05, 4.69) is 20.3 Å². The molecular weight excluding hydrogens is 380 g/mol. The van der Waals surface area contributed by atoms with E-state index in [-0.39, 0.29) is 5.91 Å². The molecule has 7 nitrogen and oxygen atoms in total. The average Bonchev–Trinajstić information content (AvgIpc) is 3.23. The predicted molar refractivity (Wildman–Crippen MR) is 120 cm³/mol. The maximum absolute atomic E-state index is 12.6. The van der Waals surface area contributed by atoms with Gasteiger partial charge in [-0.15, -0.1) is 0 Å². The lowest BCUT2D eigenvalue weighted by atomic mass is 10.2. The number of anilines is 1. The number of aromatic amines is 1. The normalized spacial score (nSPS) is 11.5. The summed E-state index contributed by atoms with van der Waals surface area (Å²) in [5.41, 5.74) is 1.08. The quantitative estimate of drug-likeness (QED) is 0.676. The summed E-state index contributed by atoms with van der Waals surface area (Å²) in [4.78, 5) is 24.9. The van der Waals surface area contributed by atoms with Crippen LogP contribution in [0.25, 0.3) is 23.7 Å². The molecule has 0 fully saturated rings. The molecule has 30 heavy (non-hydrogen) atoms. The number of amides is 1. The van der Waals surface area contributed by atoms with Gasteiger partial charge >= 0.3 is 0 Å². The van der Waals surface area contributed by atoms with Gasteiger partial charge in [0.2, 0.25) is 0 Å². The molecule has 0 radical (unpaired) electrons. The number of H-pyrrole nitrogens is 1. The highest BCUT2D eigenvalue weighted by molar-refractivity contribution is 6.04.